The van der Waals surface area contributed by atoms with E-state index >= 15 is 0 Å². The fourth-order valence-corrected chi connectivity index (χ4v) is 4.05. The van der Waals surface area contributed by atoms with Gasteiger partial charge in [0.05, 0.1) is 23.2 Å². The second kappa shape index (κ2) is 8.49. The number of rotatable bonds is 6. The molecule has 0 unspecified atom stereocenters. The Kier molecular flexibility index (Phi) is 5.62. The highest BCUT2D eigenvalue weighted by Crippen LogP contribution is 2.26. The van der Waals surface area contributed by atoms with Gasteiger partial charge in [-0.15, -0.1) is 0 Å². The zero-order valence-corrected chi connectivity index (χ0v) is 16.7. The van der Waals surface area contributed by atoms with E-state index in [4.69, 9.17) is 4.74 Å². The van der Waals surface area contributed by atoms with Crippen molar-refractivity contribution in [1.82, 2.24) is 9.55 Å². The number of fused-ring (bicyclic) bond motifs is 1. The Morgan fingerprint density at radius 2 is 1.72 bits per heavy atom. The number of nitrogens with zero attached hydrogens (tertiary/aromatic N) is 2. The van der Waals surface area contributed by atoms with Gasteiger partial charge >= 0.3 is 0 Å². The molecule has 0 N–H and O–H groups in total. The van der Waals surface area contributed by atoms with Crippen molar-refractivity contribution in [2.45, 2.75) is 17.8 Å². The summed E-state index contributed by atoms with van der Waals surface area (Å²) in [7, 11) is 0. The van der Waals surface area contributed by atoms with Gasteiger partial charge in [-0.2, -0.15) is 0 Å². The maximum Gasteiger partial charge on any atom is 0.266 e. The molecule has 1 heterocycles. The highest BCUT2D eigenvalue weighted by atomic mass is 32.2. The molecule has 0 atom stereocenters. The molecule has 0 aliphatic rings. The van der Waals surface area contributed by atoms with E-state index in [0.29, 0.717) is 39.7 Å². The maximum atomic E-state index is 14.0. The lowest BCUT2D eigenvalue weighted by molar-refractivity contribution is 0.340. The lowest BCUT2D eigenvalue weighted by Gasteiger charge is -2.14. The van der Waals surface area contributed by atoms with Crippen LogP contribution in [0.2, 0.25) is 0 Å². The second-order valence-corrected chi connectivity index (χ2v) is 7.30. The van der Waals surface area contributed by atoms with Crippen LogP contribution in [0.25, 0.3) is 16.6 Å². The quantitative estimate of drug-likeness (QED) is 0.325. The molecular weight excluding hydrogens is 387 g/mol. The van der Waals surface area contributed by atoms with E-state index in [0.717, 1.165) is 5.75 Å². The van der Waals surface area contributed by atoms with Crippen LogP contribution in [0.4, 0.5) is 4.39 Å². The Bertz CT molecular complexity index is 1210. The Hall–Kier alpha value is -3.12. The van der Waals surface area contributed by atoms with Crippen LogP contribution < -0.4 is 10.3 Å². The van der Waals surface area contributed by atoms with E-state index in [2.05, 4.69) is 4.98 Å². The van der Waals surface area contributed by atoms with Crippen LogP contribution in [0.1, 0.15) is 12.5 Å². The van der Waals surface area contributed by atoms with Gasteiger partial charge in [-0.1, -0.05) is 42.1 Å². The first-order valence-corrected chi connectivity index (χ1v) is 10.3. The molecule has 0 aliphatic carbocycles. The van der Waals surface area contributed by atoms with E-state index < -0.39 is 0 Å². The molecular formula is C23H19FN2O2S. The molecule has 29 heavy (non-hydrogen) atoms. The van der Waals surface area contributed by atoms with Gasteiger partial charge < -0.3 is 4.74 Å². The van der Waals surface area contributed by atoms with E-state index in [1.807, 2.05) is 49.4 Å². The number of thioether (sulfide) groups is 1. The number of hydrogen-bond donors (Lipinski definition) is 0. The predicted octanol–water partition coefficient (Wildman–Crippen LogP) is 5.22. The summed E-state index contributed by atoms with van der Waals surface area (Å²) < 4.78 is 21.1. The van der Waals surface area contributed by atoms with Crippen LogP contribution >= 0.6 is 11.8 Å². The first-order chi connectivity index (χ1) is 14.2. The third-order valence-electron chi connectivity index (χ3n) is 4.47. The zero-order chi connectivity index (χ0) is 20.2. The van der Waals surface area contributed by atoms with Crippen molar-refractivity contribution >= 4 is 22.7 Å². The van der Waals surface area contributed by atoms with Gasteiger partial charge in [0.1, 0.15) is 11.6 Å². The van der Waals surface area contributed by atoms with Gasteiger partial charge in [-0.25, -0.2) is 9.37 Å². The van der Waals surface area contributed by atoms with Crippen molar-refractivity contribution in [2.24, 2.45) is 0 Å². The molecule has 0 saturated heterocycles. The minimum Gasteiger partial charge on any atom is -0.494 e. The number of hydrogen-bond acceptors (Lipinski definition) is 4. The van der Waals surface area contributed by atoms with E-state index in [-0.39, 0.29) is 11.4 Å². The van der Waals surface area contributed by atoms with Crippen molar-refractivity contribution in [2.75, 3.05) is 6.61 Å². The Labute approximate surface area is 172 Å². The number of para-hydroxylation sites is 1. The molecule has 4 aromatic rings. The lowest BCUT2D eigenvalue weighted by Crippen LogP contribution is -2.21. The average Bonchev–Trinajstić information content (AvgIpc) is 2.74. The van der Waals surface area contributed by atoms with Gasteiger partial charge in [0.15, 0.2) is 5.16 Å². The summed E-state index contributed by atoms with van der Waals surface area (Å²) in [6.07, 6.45) is 0. The summed E-state index contributed by atoms with van der Waals surface area (Å²) in [5.41, 5.74) is 1.72. The molecule has 1 aromatic heterocycles. The minimum absolute atomic E-state index is 0.157. The first-order valence-electron chi connectivity index (χ1n) is 9.28. The van der Waals surface area contributed by atoms with Crippen LogP contribution in [-0.2, 0) is 5.75 Å². The maximum absolute atomic E-state index is 14.0. The van der Waals surface area contributed by atoms with Crippen LogP contribution in [0.15, 0.2) is 82.7 Å². The summed E-state index contributed by atoms with van der Waals surface area (Å²) in [4.78, 5) is 17.9. The van der Waals surface area contributed by atoms with Gasteiger partial charge in [-0.05, 0) is 55.0 Å². The zero-order valence-electron chi connectivity index (χ0n) is 15.8. The minimum atomic E-state index is -0.268. The number of halogens is 1. The molecule has 0 aliphatic heterocycles. The number of ether oxygens (including phenoxy) is 1. The summed E-state index contributed by atoms with van der Waals surface area (Å²) in [5.74, 6) is 0.837. The lowest BCUT2D eigenvalue weighted by atomic mass is 10.2. The van der Waals surface area contributed by atoms with Gasteiger partial charge in [-0.3, -0.25) is 9.36 Å². The molecule has 0 spiro atoms. The van der Waals surface area contributed by atoms with Crippen molar-refractivity contribution in [3.05, 3.63) is 94.5 Å². The van der Waals surface area contributed by atoms with Gasteiger partial charge in [0.25, 0.3) is 5.56 Å². The van der Waals surface area contributed by atoms with Crippen LogP contribution in [0, 0.1) is 5.82 Å². The monoisotopic (exact) mass is 406 g/mol. The van der Waals surface area contributed by atoms with Crippen molar-refractivity contribution in [3.63, 3.8) is 0 Å². The van der Waals surface area contributed by atoms with E-state index in [1.54, 1.807) is 28.8 Å². The third-order valence-corrected chi connectivity index (χ3v) is 5.45. The normalized spacial score (nSPS) is 11.0. The fourth-order valence-electron chi connectivity index (χ4n) is 3.05. The molecule has 6 heteroatoms. The van der Waals surface area contributed by atoms with Crippen molar-refractivity contribution < 1.29 is 9.13 Å². The van der Waals surface area contributed by atoms with E-state index in [1.165, 1.54) is 17.8 Å². The highest BCUT2D eigenvalue weighted by molar-refractivity contribution is 7.98. The number of aromatic nitrogens is 2. The molecule has 0 bridgehead atoms. The average molecular weight is 406 g/mol. The molecule has 4 nitrogen and oxygen atoms in total. The number of benzene rings is 3. The van der Waals surface area contributed by atoms with Crippen molar-refractivity contribution in [3.8, 4) is 11.4 Å². The van der Waals surface area contributed by atoms with Crippen molar-refractivity contribution in [1.29, 1.82) is 0 Å². The predicted molar refractivity (Wildman–Crippen MR) is 114 cm³/mol. The summed E-state index contributed by atoms with van der Waals surface area (Å²) in [6.45, 7) is 2.49. The molecule has 0 fully saturated rings. The topological polar surface area (TPSA) is 44.1 Å². The van der Waals surface area contributed by atoms with E-state index in [9.17, 15) is 9.18 Å². The molecule has 3 aromatic carbocycles. The first kappa shape index (κ1) is 19.2. The third kappa shape index (κ3) is 4.03. The van der Waals surface area contributed by atoms with Crippen LogP contribution in [-0.4, -0.2) is 16.2 Å². The molecule has 4 rings (SSSR count). The summed E-state index contributed by atoms with van der Waals surface area (Å²) >= 11 is 1.33. The fraction of sp³-hybridized carbons (Fsp3) is 0.130. The second-order valence-electron chi connectivity index (χ2n) is 6.36. The standard InChI is InChI=1S/C23H19FN2O2S/c1-2-28-18-13-11-17(12-14-18)26-22(27)19-8-4-6-10-21(19)25-23(26)29-15-16-7-3-5-9-20(16)24/h3-14H,2,15H2,1H3. The molecule has 0 radical (unpaired) electrons. The summed E-state index contributed by atoms with van der Waals surface area (Å²) in [5, 5.41) is 1.05. The smallest absolute Gasteiger partial charge is 0.266 e. The molecule has 146 valence electrons. The Morgan fingerprint density at radius 3 is 2.48 bits per heavy atom. The Morgan fingerprint density at radius 1 is 1.00 bits per heavy atom. The molecule has 0 amide bonds. The van der Waals surface area contributed by atoms with Crippen LogP contribution in [0.5, 0.6) is 5.75 Å². The van der Waals surface area contributed by atoms with Gasteiger partial charge in [0.2, 0.25) is 0 Å². The van der Waals surface area contributed by atoms with Gasteiger partial charge in [0, 0.05) is 5.75 Å². The highest BCUT2D eigenvalue weighted by Gasteiger charge is 2.14. The SMILES string of the molecule is CCOc1ccc(-n2c(SCc3ccccc3F)nc3ccccc3c2=O)cc1. The largest absolute Gasteiger partial charge is 0.494 e. The van der Waals surface area contributed by atoms with Crippen LogP contribution in [0.3, 0.4) is 0 Å². The molecule has 0 saturated carbocycles. The summed E-state index contributed by atoms with van der Waals surface area (Å²) in [6, 6.07) is 21.2. The Balaban J connectivity index is 1.80.